The van der Waals surface area contributed by atoms with Crippen molar-refractivity contribution in [2.75, 3.05) is 26.2 Å². The molecule has 0 spiro atoms. The first-order chi connectivity index (χ1) is 8.80. The highest BCUT2D eigenvalue weighted by atomic mass is 16.3. The molecule has 1 aliphatic carbocycles. The Hall–Kier alpha value is -0.0800. The van der Waals surface area contributed by atoms with Gasteiger partial charge in [-0.25, -0.2) is 0 Å². The van der Waals surface area contributed by atoms with Crippen molar-refractivity contribution in [3.63, 3.8) is 0 Å². The van der Waals surface area contributed by atoms with Crippen LogP contribution in [0, 0.1) is 11.8 Å². The van der Waals surface area contributed by atoms with Crippen LogP contribution < -0.4 is 0 Å². The van der Waals surface area contributed by atoms with E-state index < -0.39 is 0 Å². The first-order valence-electron chi connectivity index (χ1n) is 8.13. The average molecular weight is 255 g/mol. The van der Waals surface area contributed by atoms with Crippen molar-refractivity contribution in [3.05, 3.63) is 0 Å². The summed E-state index contributed by atoms with van der Waals surface area (Å²) in [5.41, 5.74) is 0. The Kier molecular flexibility index (Phi) is 8.70. The molecule has 0 aliphatic heterocycles. The number of aliphatic hydroxyl groups excluding tert-OH is 1. The molecule has 108 valence electrons. The summed E-state index contributed by atoms with van der Waals surface area (Å²) in [7, 11) is 0. The van der Waals surface area contributed by atoms with E-state index in [1.807, 2.05) is 0 Å². The third-order valence-corrected chi connectivity index (χ3v) is 4.61. The quantitative estimate of drug-likeness (QED) is 0.679. The Balaban J connectivity index is 2.06. The van der Waals surface area contributed by atoms with Gasteiger partial charge in [0, 0.05) is 6.54 Å². The van der Waals surface area contributed by atoms with Gasteiger partial charge in [0.05, 0.1) is 6.61 Å². The molecule has 0 bridgehead atoms. The van der Waals surface area contributed by atoms with E-state index in [2.05, 4.69) is 18.7 Å². The predicted molar refractivity (Wildman–Crippen MR) is 78.8 cm³/mol. The van der Waals surface area contributed by atoms with Gasteiger partial charge in [0.1, 0.15) is 0 Å². The van der Waals surface area contributed by atoms with Crippen molar-refractivity contribution in [3.8, 4) is 0 Å². The lowest BCUT2D eigenvalue weighted by atomic mass is 9.78. The van der Waals surface area contributed by atoms with Gasteiger partial charge in [0.2, 0.25) is 0 Å². The summed E-state index contributed by atoms with van der Waals surface area (Å²) in [6.07, 6.45) is 11.4. The van der Waals surface area contributed by atoms with E-state index in [-0.39, 0.29) is 0 Å². The molecular formula is C16H33NO. The molecular weight excluding hydrogens is 222 g/mol. The SMILES string of the molecule is CCCC1CCC(CCCN(CC)CCO)CC1. The Bertz CT molecular complexity index is 188. The number of rotatable bonds is 9. The van der Waals surface area contributed by atoms with Crippen molar-refractivity contribution in [2.24, 2.45) is 11.8 Å². The first kappa shape index (κ1) is 16.0. The highest BCUT2D eigenvalue weighted by molar-refractivity contribution is 4.73. The van der Waals surface area contributed by atoms with Crippen molar-refractivity contribution < 1.29 is 5.11 Å². The van der Waals surface area contributed by atoms with Gasteiger partial charge < -0.3 is 10.0 Å². The van der Waals surface area contributed by atoms with E-state index in [9.17, 15) is 0 Å². The highest BCUT2D eigenvalue weighted by Crippen LogP contribution is 2.33. The molecule has 18 heavy (non-hydrogen) atoms. The highest BCUT2D eigenvalue weighted by Gasteiger charge is 2.20. The predicted octanol–water partition coefficient (Wildman–Crippen LogP) is 3.69. The van der Waals surface area contributed by atoms with E-state index in [1.165, 1.54) is 57.9 Å². The second-order valence-electron chi connectivity index (χ2n) is 5.98. The molecule has 0 atom stereocenters. The molecule has 2 heteroatoms. The van der Waals surface area contributed by atoms with Gasteiger partial charge in [-0.15, -0.1) is 0 Å². The number of likely N-dealkylation sites (N-methyl/N-ethyl adjacent to an activating group) is 1. The maximum Gasteiger partial charge on any atom is 0.0558 e. The zero-order valence-corrected chi connectivity index (χ0v) is 12.5. The van der Waals surface area contributed by atoms with Crippen LogP contribution >= 0.6 is 0 Å². The molecule has 0 aromatic carbocycles. The summed E-state index contributed by atoms with van der Waals surface area (Å²) in [6.45, 7) is 7.89. The van der Waals surface area contributed by atoms with Crippen LogP contribution in [-0.4, -0.2) is 36.2 Å². The standard InChI is InChI=1S/C16H33NO/c1-3-6-15-8-10-16(11-9-15)7-5-12-17(4-2)13-14-18/h15-16,18H,3-14H2,1-2H3. The first-order valence-corrected chi connectivity index (χ1v) is 8.13. The van der Waals surface area contributed by atoms with Gasteiger partial charge in [-0.1, -0.05) is 52.4 Å². The maximum atomic E-state index is 8.95. The second kappa shape index (κ2) is 9.80. The van der Waals surface area contributed by atoms with Crippen LogP contribution in [0.15, 0.2) is 0 Å². The number of hydrogen-bond acceptors (Lipinski definition) is 2. The summed E-state index contributed by atoms with van der Waals surface area (Å²) in [4.78, 5) is 2.36. The zero-order valence-electron chi connectivity index (χ0n) is 12.5. The summed E-state index contributed by atoms with van der Waals surface area (Å²) >= 11 is 0. The minimum atomic E-state index is 0.302. The molecule has 0 aromatic rings. The zero-order chi connectivity index (χ0) is 13.2. The van der Waals surface area contributed by atoms with Crippen molar-refractivity contribution >= 4 is 0 Å². The molecule has 0 saturated heterocycles. The van der Waals surface area contributed by atoms with E-state index in [0.717, 1.165) is 24.9 Å². The third-order valence-electron chi connectivity index (χ3n) is 4.61. The minimum absolute atomic E-state index is 0.302. The maximum absolute atomic E-state index is 8.95. The lowest BCUT2D eigenvalue weighted by molar-refractivity contribution is 0.190. The van der Waals surface area contributed by atoms with Crippen LogP contribution in [0.2, 0.25) is 0 Å². The molecule has 1 N–H and O–H groups in total. The molecule has 0 heterocycles. The molecule has 0 amide bonds. The average Bonchev–Trinajstić information content (AvgIpc) is 2.40. The summed E-state index contributed by atoms with van der Waals surface area (Å²) in [5.74, 6) is 2.03. The summed E-state index contributed by atoms with van der Waals surface area (Å²) < 4.78 is 0. The van der Waals surface area contributed by atoms with Crippen LogP contribution in [0.25, 0.3) is 0 Å². The fraction of sp³-hybridized carbons (Fsp3) is 1.00. The Morgan fingerprint density at radius 2 is 1.56 bits per heavy atom. The van der Waals surface area contributed by atoms with Crippen molar-refractivity contribution in [1.82, 2.24) is 4.90 Å². The fourth-order valence-electron chi connectivity index (χ4n) is 3.39. The van der Waals surface area contributed by atoms with E-state index >= 15 is 0 Å². The van der Waals surface area contributed by atoms with Crippen LogP contribution in [0.4, 0.5) is 0 Å². The Morgan fingerprint density at radius 3 is 2.06 bits per heavy atom. The van der Waals surface area contributed by atoms with Gasteiger partial charge in [-0.3, -0.25) is 0 Å². The summed E-state index contributed by atoms with van der Waals surface area (Å²) in [6, 6.07) is 0. The van der Waals surface area contributed by atoms with E-state index in [0.29, 0.717) is 6.61 Å². The molecule has 1 rings (SSSR count). The van der Waals surface area contributed by atoms with Crippen LogP contribution in [0.3, 0.4) is 0 Å². The second-order valence-corrected chi connectivity index (χ2v) is 5.98. The van der Waals surface area contributed by atoms with Gasteiger partial charge in [0.25, 0.3) is 0 Å². The molecule has 2 nitrogen and oxygen atoms in total. The molecule has 1 saturated carbocycles. The Labute approximate surface area is 114 Å². The smallest absolute Gasteiger partial charge is 0.0558 e. The number of aliphatic hydroxyl groups is 1. The lowest BCUT2D eigenvalue weighted by Crippen LogP contribution is -2.28. The normalized spacial score (nSPS) is 24.7. The third kappa shape index (κ3) is 6.19. The van der Waals surface area contributed by atoms with Crippen LogP contribution in [0.5, 0.6) is 0 Å². The Morgan fingerprint density at radius 1 is 0.944 bits per heavy atom. The van der Waals surface area contributed by atoms with E-state index in [4.69, 9.17) is 5.11 Å². The van der Waals surface area contributed by atoms with E-state index in [1.54, 1.807) is 0 Å². The molecule has 0 radical (unpaired) electrons. The van der Waals surface area contributed by atoms with Crippen molar-refractivity contribution in [1.29, 1.82) is 0 Å². The largest absolute Gasteiger partial charge is 0.395 e. The van der Waals surface area contributed by atoms with Crippen molar-refractivity contribution in [2.45, 2.75) is 65.2 Å². The molecule has 1 fully saturated rings. The fourth-order valence-corrected chi connectivity index (χ4v) is 3.39. The van der Waals surface area contributed by atoms with Crippen LogP contribution in [0.1, 0.15) is 65.2 Å². The van der Waals surface area contributed by atoms with Gasteiger partial charge in [-0.2, -0.15) is 0 Å². The van der Waals surface area contributed by atoms with Crippen LogP contribution in [-0.2, 0) is 0 Å². The molecule has 0 unspecified atom stereocenters. The monoisotopic (exact) mass is 255 g/mol. The topological polar surface area (TPSA) is 23.5 Å². The summed E-state index contributed by atoms with van der Waals surface area (Å²) in [5, 5.41) is 8.95. The van der Waals surface area contributed by atoms with Gasteiger partial charge >= 0.3 is 0 Å². The number of hydrogen-bond donors (Lipinski definition) is 1. The van der Waals surface area contributed by atoms with Gasteiger partial charge in [0.15, 0.2) is 0 Å². The van der Waals surface area contributed by atoms with Gasteiger partial charge in [-0.05, 0) is 37.8 Å². The molecule has 1 aliphatic rings. The molecule has 0 aromatic heterocycles. The number of nitrogens with zero attached hydrogens (tertiary/aromatic N) is 1. The minimum Gasteiger partial charge on any atom is -0.395 e. The lowest BCUT2D eigenvalue weighted by Gasteiger charge is -2.29.